The molecule has 0 aliphatic heterocycles. The Balaban J connectivity index is 1.99. The first kappa shape index (κ1) is 17.3. The van der Waals surface area contributed by atoms with Crippen LogP contribution in [-0.4, -0.2) is 18.3 Å². The lowest BCUT2D eigenvalue weighted by atomic mass is 10.1. The van der Waals surface area contributed by atoms with Gasteiger partial charge >= 0.3 is 6.18 Å². The average molecular weight is 324 g/mol. The molecule has 0 aliphatic carbocycles. The standard InChI is InChI=1S/C17H19F3N2O/c1-22(21)16(12-7-13-5-3-2-4-6-13)23-15-10-8-14(9-11-15)17(18,19)20/h2-6,8-11,16H,7,12,21H2,1H3. The van der Waals surface area contributed by atoms with Crippen LogP contribution in [0.1, 0.15) is 17.5 Å². The van der Waals surface area contributed by atoms with Crippen LogP contribution in [0.4, 0.5) is 13.2 Å². The van der Waals surface area contributed by atoms with Gasteiger partial charge < -0.3 is 4.74 Å². The number of hydrogen-bond acceptors (Lipinski definition) is 3. The monoisotopic (exact) mass is 324 g/mol. The van der Waals surface area contributed by atoms with E-state index in [-0.39, 0.29) is 0 Å². The van der Waals surface area contributed by atoms with Crippen molar-refractivity contribution in [3.8, 4) is 5.75 Å². The third kappa shape index (κ3) is 5.26. The summed E-state index contributed by atoms with van der Waals surface area (Å²) in [6.45, 7) is 0. The number of hydrogen-bond donors (Lipinski definition) is 1. The molecular weight excluding hydrogens is 305 g/mol. The molecule has 0 fully saturated rings. The van der Waals surface area contributed by atoms with Crippen molar-refractivity contribution in [3.63, 3.8) is 0 Å². The van der Waals surface area contributed by atoms with Crippen molar-refractivity contribution >= 4 is 0 Å². The molecule has 2 N–H and O–H groups in total. The smallest absolute Gasteiger partial charge is 0.416 e. The van der Waals surface area contributed by atoms with Gasteiger partial charge in [-0.15, -0.1) is 0 Å². The molecule has 1 atom stereocenters. The Kier molecular flexibility index (Phi) is 5.63. The molecule has 0 bridgehead atoms. The van der Waals surface area contributed by atoms with E-state index in [0.29, 0.717) is 12.2 Å². The number of hydrazine groups is 1. The van der Waals surface area contributed by atoms with Crippen LogP contribution in [-0.2, 0) is 12.6 Å². The summed E-state index contributed by atoms with van der Waals surface area (Å²) in [6, 6.07) is 14.5. The number of halogens is 3. The van der Waals surface area contributed by atoms with Gasteiger partial charge in [0.15, 0.2) is 6.23 Å². The van der Waals surface area contributed by atoms with Crippen LogP contribution in [0.3, 0.4) is 0 Å². The summed E-state index contributed by atoms with van der Waals surface area (Å²) in [5, 5.41) is 1.42. The topological polar surface area (TPSA) is 38.5 Å². The van der Waals surface area contributed by atoms with Crippen LogP contribution in [0.5, 0.6) is 5.75 Å². The second kappa shape index (κ2) is 7.48. The Bertz CT molecular complexity index is 597. The van der Waals surface area contributed by atoms with Crippen LogP contribution < -0.4 is 10.6 Å². The number of rotatable bonds is 6. The summed E-state index contributed by atoms with van der Waals surface area (Å²) in [6.07, 6.45) is -3.39. The number of ether oxygens (including phenoxy) is 1. The van der Waals surface area contributed by atoms with Gasteiger partial charge in [0.05, 0.1) is 5.56 Å². The van der Waals surface area contributed by atoms with Gasteiger partial charge in [-0.3, -0.25) is 5.84 Å². The summed E-state index contributed by atoms with van der Waals surface area (Å²) in [5.41, 5.74) is 0.446. The third-order valence-corrected chi connectivity index (χ3v) is 3.43. The molecule has 0 aromatic heterocycles. The van der Waals surface area contributed by atoms with E-state index in [4.69, 9.17) is 10.6 Å². The Morgan fingerprint density at radius 2 is 1.65 bits per heavy atom. The fraction of sp³-hybridized carbons (Fsp3) is 0.294. The van der Waals surface area contributed by atoms with Crippen molar-refractivity contribution in [3.05, 3.63) is 65.7 Å². The maximum atomic E-state index is 12.5. The highest BCUT2D eigenvalue weighted by Crippen LogP contribution is 2.30. The van der Waals surface area contributed by atoms with Crippen molar-refractivity contribution in [2.75, 3.05) is 7.05 Å². The molecule has 2 rings (SSSR count). The summed E-state index contributed by atoms with van der Waals surface area (Å²) in [4.78, 5) is 0. The molecule has 6 heteroatoms. The highest BCUT2D eigenvalue weighted by molar-refractivity contribution is 5.29. The van der Waals surface area contributed by atoms with E-state index in [1.807, 2.05) is 30.3 Å². The van der Waals surface area contributed by atoms with Crippen molar-refractivity contribution in [2.24, 2.45) is 5.84 Å². The number of aryl methyl sites for hydroxylation is 1. The predicted octanol–water partition coefficient (Wildman–Crippen LogP) is 3.85. The van der Waals surface area contributed by atoms with Gasteiger partial charge in [-0.25, -0.2) is 5.01 Å². The Morgan fingerprint density at radius 3 is 2.17 bits per heavy atom. The Hall–Kier alpha value is -2.05. The first-order chi connectivity index (χ1) is 10.9. The molecule has 0 saturated heterocycles. The van der Waals surface area contributed by atoms with E-state index in [9.17, 15) is 13.2 Å². The Morgan fingerprint density at radius 1 is 1.04 bits per heavy atom. The van der Waals surface area contributed by atoms with E-state index in [0.717, 1.165) is 24.1 Å². The molecule has 0 radical (unpaired) electrons. The van der Waals surface area contributed by atoms with E-state index in [1.54, 1.807) is 7.05 Å². The molecule has 0 amide bonds. The molecule has 0 saturated carbocycles. The largest absolute Gasteiger partial charge is 0.474 e. The van der Waals surface area contributed by atoms with E-state index < -0.39 is 18.0 Å². The zero-order valence-corrected chi connectivity index (χ0v) is 12.8. The van der Waals surface area contributed by atoms with Gasteiger partial charge in [-0.1, -0.05) is 30.3 Å². The second-order valence-corrected chi connectivity index (χ2v) is 5.28. The molecule has 1 unspecified atom stereocenters. The lowest BCUT2D eigenvalue weighted by Gasteiger charge is -2.25. The van der Waals surface area contributed by atoms with E-state index in [1.165, 1.54) is 17.1 Å². The van der Waals surface area contributed by atoms with E-state index >= 15 is 0 Å². The van der Waals surface area contributed by atoms with Gasteiger partial charge in [-0.2, -0.15) is 13.2 Å². The molecule has 2 aromatic rings. The maximum absolute atomic E-state index is 12.5. The number of nitrogens with zero attached hydrogens (tertiary/aromatic N) is 1. The Labute approximate surface area is 133 Å². The van der Waals surface area contributed by atoms with Crippen LogP contribution in [0.2, 0.25) is 0 Å². The summed E-state index contributed by atoms with van der Waals surface area (Å²) >= 11 is 0. The molecule has 124 valence electrons. The molecule has 3 nitrogen and oxygen atoms in total. The minimum absolute atomic E-state index is 0.355. The lowest BCUT2D eigenvalue weighted by Crippen LogP contribution is -2.41. The molecule has 2 aromatic carbocycles. The van der Waals surface area contributed by atoms with E-state index in [2.05, 4.69) is 0 Å². The predicted molar refractivity (Wildman–Crippen MR) is 82.6 cm³/mol. The minimum Gasteiger partial charge on any atom is -0.474 e. The van der Waals surface area contributed by atoms with Crippen LogP contribution in [0.15, 0.2) is 54.6 Å². The van der Waals surface area contributed by atoms with Crippen molar-refractivity contribution in [1.82, 2.24) is 5.01 Å². The van der Waals surface area contributed by atoms with Gasteiger partial charge in [0, 0.05) is 13.5 Å². The maximum Gasteiger partial charge on any atom is 0.416 e. The zero-order valence-electron chi connectivity index (χ0n) is 12.8. The second-order valence-electron chi connectivity index (χ2n) is 5.28. The van der Waals surface area contributed by atoms with Gasteiger partial charge in [0.25, 0.3) is 0 Å². The zero-order chi connectivity index (χ0) is 16.9. The quantitative estimate of drug-likeness (QED) is 0.498. The van der Waals surface area contributed by atoms with Gasteiger partial charge in [0.2, 0.25) is 0 Å². The number of alkyl halides is 3. The number of benzene rings is 2. The first-order valence-electron chi connectivity index (χ1n) is 7.21. The first-order valence-corrected chi connectivity index (χ1v) is 7.21. The molecule has 23 heavy (non-hydrogen) atoms. The molecular formula is C17H19F3N2O. The van der Waals surface area contributed by atoms with Crippen LogP contribution in [0, 0.1) is 0 Å². The summed E-state index contributed by atoms with van der Waals surface area (Å²) < 4.78 is 43.3. The normalized spacial score (nSPS) is 13.1. The fourth-order valence-electron chi connectivity index (χ4n) is 2.16. The number of nitrogens with two attached hydrogens (primary N) is 1. The highest BCUT2D eigenvalue weighted by Gasteiger charge is 2.30. The molecule has 0 aliphatic rings. The fourth-order valence-corrected chi connectivity index (χ4v) is 2.16. The summed E-state index contributed by atoms with van der Waals surface area (Å²) in [7, 11) is 1.67. The van der Waals surface area contributed by atoms with Crippen molar-refractivity contribution in [1.29, 1.82) is 0 Å². The van der Waals surface area contributed by atoms with Gasteiger partial charge in [0.1, 0.15) is 5.75 Å². The molecule has 0 heterocycles. The van der Waals surface area contributed by atoms with Crippen LogP contribution in [0.25, 0.3) is 0 Å². The molecule has 0 spiro atoms. The average Bonchev–Trinajstić information content (AvgIpc) is 2.51. The lowest BCUT2D eigenvalue weighted by molar-refractivity contribution is -0.137. The van der Waals surface area contributed by atoms with Crippen LogP contribution >= 0.6 is 0 Å². The third-order valence-electron chi connectivity index (χ3n) is 3.43. The SMILES string of the molecule is CN(N)C(CCc1ccccc1)Oc1ccc(C(F)(F)F)cc1. The van der Waals surface area contributed by atoms with Gasteiger partial charge in [-0.05, 0) is 36.2 Å². The summed E-state index contributed by atoms with van der Waals surface area (Å²) in [5.74, 6) is 6.13. The van der Waals surface area contributed by atoms with Crippen molar-refractivity contribution < 1.29 is 17.9 Å². The van der Waals surface area contributed by atoms with Crippen molar-refractivity contribution in [2.45, 2.75) is 25.2 Å². The minimum atomic E-state index is -4.35. The highest BCUT2D eigenvalue weighted by atomic mass is 19.4.